The first-order chi connectivity index (χ1) is 8.19. The molecule has 0 spiro atoms. The van der Waals surface area contributed by atoms with Crippen LogP contribution < -0.4 is 5.32 Å². The van der Waals surface area contributed by atoms with Crippen molar-refractivity contribution in [3.05, 3.63) is 35.7 Å². The topological polar surface area (TPSA) is 42.7 Å². The SMILES string of the molecule is CNCc1ccc(Sc2cc(C)nn2C)nc1. The molecule has 0 atom stereocenters. The maximum Gasteiger partial charge on any atom is 0.102 e. The molecule has 0 bridgehead atoms. The van der Waals surface area contributed by atoms with Gasteiger partial charge < -0.3 is 5.32 Å². The molecule has 2 aromatic heterocycles. The van der Waals surface area contributed by atoms with E-state index in [9.17, 15) is 0 Å². The molecule has 17 heavy (non-hydrogen) atoms. The van der Waals surface area contributed by atoms with Gasteiger partial charge in [0.25, 0.3) is 0 Å². The smallest absolute Gasteiger partial charge is 0.102 e. The Balaban J connectivity index is 2.11. The van der Waals surface area contributed by atoms with E-state index in [2.05, 4.69) is 27.5 Å². The molecule has 90 valence electrons. The standard InChI is InChI=1S/C12H16N4S/c1-9-6-12(16(3)15-9)17-11-5-4-10(7-13-2)8-14-11/h4-6,8,13H,7H2,1-3H3. The van der Waals surface area contributed by atoms with Crippen molar-refractivity contribution in [1.29, 1.82) is 0 Å². The fourth-order valence-electron chi connectivity index (χ4n) is 1.57. The first kappa shape index (κ1) is 12.1. The van der Waals surface area contributed by atoms with Crippen LogP contribution in [0.25, 0.3) is 0 Å². The van der Waals surface area contributed by atoms with Crippen LogP contribution >= 0.6 is 11.8 Å². The number of aryl methyl sites for hydroxylation is 2. The highest BCUT2D eigenvalue weighted by molar-refractivity contribution is 7.99. The molecule has 4 nitrogen and oxygen atoms in total. The van der Waals surface area contributed by atoms with Gasteiger partial charge in [-0.05, 0) is 31.7 Å². The van der Waals surface area contributed by atoms with Gasteiger partial charge in [-0.3, -0.25) is 4.68 Å². The monoisotopic (exact) mass is 248 g/mol. The van der Waals surface area contributed by atoms with Crippen molar-refractivity contribution >= 4 is 11.8 Å². The zero-order valence-corrected chi connectivity index (χ0v) is 11.1. The average Bonchev–Trinajstić information content (AvgIpc) is 2.61. The first-order valence-corrected chi connectivity index (χ1v) is 6.28. The van der Waals surface area contributed by atoms with E-state index in [4.69, 9.17) is 0 Å². The number of nitrogens with zero attached hydrogens (tertiary/aromatic N) is 3. The molecule has 0 saturated carbocycles. The van der Waals surface area contributed by atoms with E-state index in [1.165, 1.54) is 5.56 Å². The lowest BCUT2D eigenvalue weighted by atomic mass is 10.3. The van der Waals surface area contributed by atoms with Crippen molar-refractivity contribution in [1.82, 2.24) is 20.1 Å². The van der Waals surface area contributed by atoms with Crippen molar-refractivity contribution in [2.24, 2.45) is 7.05 Å². The largest absolute Gasteiger partial charge is 0.316 e. The second-order valence-corrected chi connectivity index (χ2v) is 4.93. The van der Waals surface area contributed by atoms with Crippen LogP contribution in [0.3, 0.4) is 0 Å². The Morgan fingerprint density at radius 1 is 1.41 bits per heavy atom. The molecule has 2 heterocycles. The predicted molar refractivity (Wildman–Crippen MR) is 69.1 cm³/mol. The van der Waals surface area contributed by atoms with Crippen LogP contribution in [0.5, 0.6) is 0 Å². The predicted octanol–water partition coefficient (Wildman–Crippen LogP) is 1.99. The third-order valence-electron chi connectivity index (χ3n) is 2.35. The van der Waals surface area contributed by atoms with Gasteiger partial charge in [-0.15, -0.1) is 0 Å². The number of hydrogen-bond acceptors (Lipinski definition) is 4. The quantitative estimate of drug-likeness (QED) is 0.898. The van der Waals surface area contributed by atoms with E-state index in [1.807, 2.05) is 38.0 Å². The van der Waals surface area contributed by atoms with Crippen LogP contribution in [-0.4, -0.2) is 21.8 Å². The molecule has 0 unspecified atom stereocenters. The molecular formula is C12H16N4S. The molecule has 5 heteroatoms. The summed E-state index contributed by atoms with van der Waals surface area (Å²) in [5.74, 6) is 0. The van der Waals surface area contributed by atoms with Crippen molar-refractivity contribution in [3.63, 3.8) is 0 Å². The van der Waals surface area contributed by atoms with Gasteiger partial charge in [-0.2, -0.15) is 5.10 Å². The Morgan fingerprint density at radius 2 is 2.24 bits per heavy atom. The van der Waals surface area contributed by atoms with Gasteiger partial charge >= 0.3 is 0 Å². The summed E-state index contributed by atoms with van der Waals surface area (Å²) in [5, 5.41) is 9.52. The molecule has 0 saturated heterocycles. The highest BCUT2D eigenvalue weighted by atomic mass is 32.2. The van der Waals surface area contributed by atoms with Gasteiger partial charge in [-0.1, -0.05) is 17.8 Å². The van der Waals surface area contributed by atoms with Gasteiger partial charge in [0.2, 0.25) is 0 Å². The van der Waals surface area contributed by atoms with Crippen LogP contribution in [0.1, 0.15) is 11.3 Å². The van der Waals surface area contributed by atoms with Crippen molar-refractivity contribution in [2.45, 2.75) is 23.5 Å². The summed E-state index contributed by atoms with van der Waals surface area (Å²) in [7, 11) is 3.88. The van der Waals surface area contributed by atoms with Gasteiger partial charge in [-0.25, -0.2) is 4.98 Å². The molecule has 0 aromatic carbocycles. The zero-order chi connectivity index (χ0) is 12.3. The minimum absolute atomic E-state index is 0.850. The number of rotatable bonds is 4. The molecule has 0 fully saturated rings. The summed E-state index contributed by atoms with van der Waals surface area (Å²) in [6.07, 6.45) is 1.90. The van der Waals surface area contributed by atoms with Crippen LogP contribution in [0, 0.1) is 6.92 Å². The molecule has 2 rings (SSSR count). The lowest BCUT2D eigenvalue weighted by molar-refractivity contribution is 0.692. The second kappa shape index (κ2) is 5.33. The number of nitrogens with one attached hydrogen (secondary N) is 1. The molecular weight excluding hydrogens is 232 g/mol. The molecule has 0 amide bonds. The highest BCUT2D eigenvalue weighted by Crippen LogP contribution is 2.25. The second-order valence-electron chi connectivity index (χ2n) is 3.88. The van der Waals surface area contributed by atoms with E-state index in [1.54, 1.807) is 11.8 Å². The summed E-state index contributed by atoms with van der Waals surface area (Å²) in [6, 6.07) is 6.20. The normalized spacial score (nSPS) is 10.8. The van der Waals surface area contributed by atoms with Gasteiger partial charge in [0.15, 0.2) is 0 Å². The Morgan fingerprint density at radius 3 is 2.76 bits per heavy atom. The lowest BCUT2D eigenvalue weighted by Crippen LogP contribution is -2.05. The maximum atomic E-state index is 4.42. The summed E-state index contributed by atoms with van der Waals surface area (Å²) in [6.45, 7) is 2.84. The molecule has 0 aliphatic rings. The summed E-state index contributed by atoms with van der Waals surface area (Å²) < 4.78 is 1.88. The van der Waals surface area contributed by atoms with Gasteiger partial charge in [0, 0.05) is 19.8 Å². The van der Waals surface area contributed by atoms with Crippen LogP contribution in [0.2, 0.25) is 0 Å². The third kappa shape index (κ3) is 3.08. The average molecular weight is 248 g/mol. The number of pyridine rings is 1. The van der Waals surface area contributed by atoms with E-state index < -0.39 is 0 Å². The fraction of sp³-hybridized carbons (Fsp3) is 0.333. The first-order valence-electron chi connectivity index (χ1n) is 5.47. The number of aromatic nitrogens is 3. The van der Waals surface area contributed by atoms with Gasteiger partial charge in [0.05, 0.1) is 5.69 Å². The Labute approximate surface area is 105 Å². The molecule has 1 N–H and O–H groups in total. The van der Waals surface area contributed by atoms with E-state index in [0.717, 1.165) is 22.3 Å². The molecule has 0 radical (unpaired) electrons. The van der Waals surface area contributed by atoms with Gasteiger partial charge in [0.1, 0.15) is 10.1 Å². The maximum absolute atomic E-state index is 4.42. The van der Waals surface area contributed by atoms with E-state index >= 15 is 0 Å². The Kier molecular flexibility index (Phi) is 3.81. The van der Waals surface area contributed by atoms with E-state index in [-0.39, 0.29) is 0 Å². The van der Waals surface area contributed by atoms with Crippen LogP contribution in [0.4, 0.5) is 0 Å². The van der Waals surface area contributed by atoms with Crippen molar-refractivity contribution in [2.75, 3.05) is 7.05 Å². The highest BCUT2D eigenvalue weighted by Gasteiger charge is 2.05. The molecule has 0 aliphatic heterocycles. The minimum atomic E-state index is 0.850. The van der Waals surface area contributed by atoms with Crippen LogP contribution in [-0.2, 0) is 13.6 Å². The summed E-state index contributed by atoms with van der Waals surface area (Å²) >= 11 is 1.63. The number of hydrogen-bond donors (Lipinski definition) is 1. The molecule has 2 aromatic rings. The zero-order valence-electron chi connectivity index (χ0n) is 10.3. The van der Waals surface area contributed by atoms with Crippen LogP contribution in [0.15, 0.2) is 34.4 Å². The van der Waals surface area contributed by atoms with Crippen molar-refractivity contribution < 1.29 is 0 Å². The Hall–Kier alpha value is -1.33. The van der Waals surface area contributed by atoms with E-state index in [0.29, 0.717) is 0 Å². The third-order valence-corrected chi connectivity index (χ3v) is 3.39. The Bertz CT molecular complexity index is 490. The summed E-state index contributed by atoms with van der Waals surface area (Å²) in [4.78, 5) is 4.42. The lowest BCUT2D eigenvalue weighted by Gasteiger charge is -2.03. The minimum Gasteiger partial charge on any atom is -0.316 e. The fourth-order valence-corrected chi connectivity index (χ4v) is 2.43. The molecule has 0 aliphatic carbocycles. The summed E-state index contributed by atoms with van der Waals surface area (Å²) in [5.41, 5.74) is 2.22. The van der Waals surface area contributed by atoms with Crippen molar-refractivity contribution in [3.8, 4) is 0 Å².